The second-order valence-electron chi connectivity index (χ2n) is 6.78. The first kappa shape index (κ1) is 18.1. The predicted octanol–water partition coefficient (Wildman–Crippen LogP) is 4.04. The van der Waals surface area contributed by atoms with E-state index < -0.39 is 10.8 Å². The van der Waals surface area contributed by atoms with Crippen molar-refractivity contribution in [1.29, 1.82) is 0 Å². The molecule has 1 unspecified atom stereocenters. The first-order chi connectivity index (χ1) is 13.0. The van der Waals surface area contributed by atoms with E-state index in [9.17, 15) is 9.00 Å². The van der Waals surface area contributed by atoms with Gasteiger partial charge in [-0.05, 0) is 36.2 Å². The molecule has 5 nitrogen and oxygen atoms in total. The Kier molecular flexibility index (Phi) is 4.74. The molecule has 0 aliphatic carbocycles. The smallest absolute Gasteiger partial charge is 0.254 e. The van der Waals surface area contributed by atoms with Gasteiger partial charge in [-0.3, -0.25) is 9.00 Å². The third-order valence-electron chi connectivity index (χ3n) is 4.81. The van der Waals surface area contributed by atoms with Crippen molar-refractivity contribution in [3.05, 3.63) is 41.5 Å². The lowest BCUT2D eigenvalue weighted by Gasteiger charge is -2.05. The fourth-order valence-electron chi connectivity index (χ4n) is 3.30. The second kappa shape index (κ2) is 7.05. The molecule has 4 rings (SSSR count). The molecule has 7 heteroatoms. The standard InChI is InChI=1S/C20H21N3O2S2/c1-3-4-9-27(25)20-17(21)18-16(26-20)8-7-15(22-18)12-5-6-14-13(10-12)11-23(2)19(14)24/h5-8,10H,3-4,9,11,21H2,1-2H3. The van der Waals surface area contributed by atoms with Crippen LogP contribution < -0.4 is 5.73 Å². The number of amides is 1. The molecule has 3 aromatic rings. The number of carbonyl (C=O) groups is 1. The fourth-order valence-corrected chi connectivity index (χ4v) is 6.06. The SMILES string of the molecule is CCCCS(=O)c1sc2ccc(-c3ccc4c(c3)CN(C)C4=O)nc2c1N. The molecule has 0 bridgehead atoms. The van der Waals surface area contributed by atoms with E-state index >= 15 is 0 Å². The maximum absolute atomic E-state index is 12.5. The maximum atomic E-state index is 12.5. The Morgan fingerprint density at radius 1 is 1.30 bits per heavy atom. The number of thiophene rings is 1. The van der Waals surface area contributed by atoms with Gasteiger partial charge in [0.2, 0.25) is 0 Å². The number of benzene rings is 1. The molecular formula is C20H21N3O2S2. The van der Waals surface area contributed by atoms with E-state index in [2.05, 4.69) is 6.92 Å². The van der Waals surface area contributed by atoms with Gasteiger partial charge in [0.1, 0.15) is 9.73 Å². The van der Waals surface area contributed by atoms with Gasteiger partial charge in [-0.25, -0.2) is 4.98 Å². The lowest BCUT2D eigenvalue weighted by atomic mass is 10.0. The average molecular weight is 400 g/mol. The molecule has 2 aromatic heterocycles. The molecular weight excluding hydrogens is 378 g/mol. The second-order valence-corrected chi connectivity index (χ2v) is 9.60. The molecule has 2 N–H and O–H groups in total. The van der Waals surface area contributed by atoms with Gasteiger partial charge >= 0.3 is 0 Å². The van der Waals surface area contributed by atoms with Crippen LogP contribution in [0.25, 0.3) is 21.5 Å². The van der Waals surface area contributed by atoms with Gasteiger partial charge in [-0.1, -0.05) is 19.4 Å². The Bertz CT molecular complexity index is 1070. The van der Waals surface area contributed by atoms with Crippen LogP contribution in [0.4, 0.5) is 5.69 Å². The molecule has 1 aliphatic heterocycles. The third kappa shape index (κ3) is 3.15. The summed E-state index contributed by atoms with van der Waals surface area (Å²) in [7, 11) is 0.728. The van der Waals surface area contributed by atoms with Crippen LogP contribution in [0.5, 0.6) is 0 Å². The lowest BCUT2D eigenvalue weighted by molar-refractivity contribution is 0.0816. The zero-order valence-electron chi connectivity index (χ0n) is 15.3. The van der Waals surface area contributed by atoms with Gasteiger partial charge in [0.15, 0.2) is 0 Å². The molecule has 3 heterocycles. The van der Waals surface area contributed by atoms with Gasteiger partial charge in [-0.15, -0.1) is 11.3 Å². The molecule has 0 radical (unpaired) electrons. The fraction of sp³-hybridized carbons (Fsp3) is 0.300. The van der Waals surface area contributed by atoms with Gasteiger partial charge in [0, 0.05) is 30.5 Å². The molecule has 1 aromatic carbocycles. The molecule has 0 fully saturated rings. The topological polar surface area (TPSA) is 76.3 Å². The third-order valence-corrected chi connectivity index (χ3v) is 7.87. The van der Waals surface area contributed by atoms with Crippen LogP contribution in [0.1, 0.15) is 35.7 Å². The van der Waals surface area contributed by atoms with E-state index in [4.69, 9.17) is 10.7 Å². The Morgan fingerprint density at radius 3 is 2.89 bits per heavy atom. The number of nitrogens with zero attached hydrogens (tertiary/aromatic N) is 2. The Balaban J connectivity index is 1.72. The maximum Gasteiger partial charge on any atom is 0.254 e. The molecule has 1 aliphatic rings. The summed E-state index contributed by atoms with van der Waals surface area (Å²) in [5.74, 6) is 0.688. The highest BCUT2D eigenvalue weighted by Crippen LogP contribution is 2.37. The number of pyridine rings is 1. The summed E-state index contributed by atoms with van der Waals surface area (Å²) < 4.78 is 14.2. The predicted molar refractivity (Wildman–Crippen MR) is 111 cm³/mol. The van der Waals surface area contributed by atoms with E-state index in [1.165, 1.54) is 11.3 Å². The van der Waals surface area contributed by atoms with Crippen LogP contribution in [-0.4, -0.2) is 32.8 Å². The number of hydrogen-bond acceptors (Lipinski definition) is 5. The number of rotatable bonds is 5. The molecule has 0 saturated carbocycles. The van der Waals surface area contributed by atoms with Crippen LogP contribution >= 0.6 is 11.3 Å². The lowest BCUT2D eigenvalue weighted by Crippen LogP contribution is -2.17. The first-order valence-corrected chi connectivity index (χ1v) is 11.1. The minimum absolute atomic E-state index is 0.0567. The number of anilines is 1. The van der Waals surface area contributed by atoms with Gasteiger partial charge in [-0.2, -0.15) is 0 Å². The quantitative estimate of drug-likeness (QED) is 0.702. The molecule has 140 valence electrons. The summed E-state index contributed by atoms with van der Waals surface area (Å²) in [5, 5.41) is 0. The summed E-state index contributed by atoms with van der Waals surface area (Å²) in [4.78, 5) is 18.5. The molecule has 0 saturated heterocycles. The summed E-state index contributed by atoms with van der Waals surface area (Å²) in [6, 6.07) is 9.76. The number of carbonyl (C=O) groups excluding carboxylic acids is 1. The monoisotopic (exact) mass is 399 g/mol. The van der Waals surface area contributed by atoms with Crippen molar-refractivity contribution in [2.24, 2.45) is 0 Å². The van der Waals surface area contributed by atoms with Crippen LogP contribution in [0.2, 0.25) is 0 Å². The van der Waals surface area contributed by atoms with Crippen LogP contribution in [0, 0.1) is 0 Å². The minimum atomic E-state index is -1.08. The number of aromatic nitrogens is 1. The van der Waals surface area contributed by atoms with Crippen molar-refractivity contribution in [2.45, 2.75) is 30.5 Å². The normalized spacial score (nSPS) is 14.7. The first-order valence-electron chi connectivity index (χ1n) is 8.95. The zero-order valence-corrected chi connectivity index (χ0v) is 17.0. The highest BCUT2D eigenvalue weighted by molar-refractivity contribution is 7.87. The van der Waals surface area contributed by atoms with Crippen LogP contribution in [0.3, 0.4) is 0 Å². The van der Waals surface area contributed by atoms with Gasteiger partial charge in [0.25, 0.3) is 5.91 Å². The highest BCUT2D eigenvalue weighted by Gasteiger charge is 2.24. The van der Waals surface area contributed by atoms with E-state index in [1.54, 1.807) is 11.9 Å². The van der Waals surface area contributed by atoms with Crippen molar-refractivity contribution in [3.8, 4) is 11.3 Å². The zero-order chi connectivity index (χ0) is 19.1. The number of fused-ring (bicyclic) bond motifs is 2. The summed E-state index contributed by atoms with van der Waals surface area (Å²) in [6.07, 6.45) is 1.93. The highest BCUT2D eigenvalue weighted by atomic mass is 32.2. The minimum Gasteiger partial charge on any atom is -0.395 e. The number of nitrogens with two attached hydrogens (primary N) is 1. The Labute approximate surface area is 164 Å². The van der Waals surface area contributed by atoms with E-state index in [0.29, 0.717) is 23.5 Å². The number of hydrogen-bond donors (Lipinski definition) is 1. The summed E-state index contributed by atoms with van der Waals surface area (Å²) in [6.45, 7) is 2.70. The van der Waals surface area contributed by atoms with E-state index in [0.717, 1.165) is 44.1 Å². The van der Waals surface area contributed by atoms with Crippen molar-refractivity contribution in [1.82, 2.24) is 9.88 Å². The molecule has 1 amide bonds. The largest absolute Gasteiger partial charge is 0.395 e. The van der Waals surface area contributed by atoms with Crippen LogP contribution in [-0.2, 0) is 17.3 Å². The molecule has 27 heavy (non-hydrogen) atoms. The number of nitrogen functional groups attached to an aromatic ring is 1. The molecule has 1 atom stereocenters. The van der Waals surface area contributed by atoms with Crippen LogP contribution in [0.15, 0.2) is 34.5 Å². The van der Waals surface area contributed by atoms with Gasteiger partial charge in [0.05, 0.1) is 26.9 Å². The van der Waals surface area contributed by atoms with Gasteiger partial charge < -0.3 is 10.6 Å². The molecule has 0 spiro atoms. The number of unbranched alkanes of at least 4 members (excludes halogenated alkanes) is 1. The van der Waals surface area contributed by atoms with Crippen molar-refractivity contribution < 1.29 is 9.00 Å². The van der Waals surface area contributed by atoms with E-state index in [1.807, 2.05) is 30.3 Å². The summed E-state index contributed by atoms with van der Waals surface area (Å²) >= 11 is 1.47. The van der Waals surface area contributed by atoms with Crippen molar-refractivity contribution in [2.75, 3.05) is 18.5 Å². The Hall–Kier alpha value is -2.25. The van der Waals surface area contributed by atoms with Crippen molar-refractivity contribution >= 4 is 43.9 Å². The average Bonchev–Trinajstić information content (AvgIpc) is 3.16. The van der Waals surface area contributed by atoms with E-state index in [-0.39, 0.29) is 5.91 Å². The Morgan fingerprint density at radius 2 is 2.11 bits per heavy atom. The summed E-state index contributed by atoms with van der Waals surface area (Å²) in [5.41, 5.74) is 11.1. The van der Waals surface area contributed by atoms with Crippen molar-refractivity contribution in [3.63, 3.8) is 0 Å².